The molecule has 1 heterocycles. The van der Waals surface area contributed by atoms with E-state index in [0.717, 1.165) is 38.3 Å². The summed E-state index contributed by atoms with van der Waals surface area (Å²) in [5, 5.41) is 14.5. The predicted molar refractivity (Wildman–Crippen MR) is 90.1 cm³/mol. The monoisotopic (exact) mass is 300 g/mol. The maximum atomic E-state index is 4.41. The summed E-state index contributed by atoms with van der Waals surface area (Å²) in [6.07, 6.45) is 3.65. The molecule has 0 aliphatic carbocycles. The number of nitrogens with one attached hydrogen (secondary N) is 2. The van der Waals surface area contributed by atoms with Crippen LogP contribution in [0.15, 0.2) is 36.5 Å². The third kappa shape index (κ3) is 6.05. The van der Waals surface area contributed by atoms with Gasteiger partial charge in [0.05, 0.1) is 6.20 Å². The van der Waals surface area contributed by atoms with Gasteiger partial charge < -0.3 is 15.5 Å². The van der Waals surface area contributed by atoms with Crippen LogP contribution >= 0.6 is 0 Å². The lowest BCUT2D eigenvalue weighted by Crippen LogP contribution is -2.17. The van der Waals surface area contributed by atoms with Gasteiger partial charge in [-0.2, -0.15) is 10.1 Å². The van der Waals surface area contributed by atoms with Gasteiger partial charge in [-0.1, -0.05) is 30.3 Å². The fourth-order valence-electron chi connectivity index (χ4n) is 2.04. The SMILES string of the molecule is CN(C)CCCNc1cnnc(NCCc2ccccc2)n1. The molecule has 6 nitrogen and oxygen atoms in total. The molecule has 0 bridgehead atoms. The van der Waals surface area contributed by atoms with E-state index in [1.807, 2.05) is 18.2 Å². The number of hydrogen-bond donors (Lipinski definition) is 2. The molecule has 0 aliphatic rings. The van der Waals surface area contributed by atoms with Crippen LogP contribution in [0.2, 0.25) is 0 Å². The Morgan fingerprint density at radius 2 is 1.86 bits per heavy atom. The summed E-state index contributed by atoms with van der Waals surface area (Å²) in [4.78, 5) is 6.57. The zero-order chi connectivity index (χ0) is 15.6. The fourth-order valence-corrected chi connectivity index (χ4v) is 2.04. The van der Waals surface area contributed by atoms with E-state index in [-0.39, 0.29) is 0 Å². The minimum Gasteiger partial charge on any atom is -0.369 e. The Bertz CT molecular complexity index is 543. The average Bonchev–Trinajstić information content (AvgIpc) is 2.53. The molecule has 0 saturated carbocycles. The number of rotatable bonds is 9. The summed E-state index contributed by atoms with van der Waals surface area (Å²) in [6, 6.07) is 10.3. The molecule has 2 N–H and O–H groups in total. The quantitative estimate of drug-likeness (QED) is 0.689. The van der Waals surface area contributed by atoms with E-state index in [9.17, 15) is 0 Å². The molecule has 118 valence electrons. The summed E-state index contributed by atoms with van der Waals surface area (Å²) >= 11 is 0. The first-order chi connectivity index (χ1) is 10.7. The van der Waals surface area contributed by atoms with Crippen molar-refractivity contribution in [2.45, 2.75) is 12.8 Å². The molecule has 2 aromatic rings. The zero-order valence-corrected chi connectivity index (χ0v) is 13.3. The Balaban J connectivity index is 1.74. The molecule has 22 heavy (non-hydrogen) atoms. The van der Waals surface area contributed by atoms with Crippen LogP contribution in [0.4, 0.5) is 11.8 Å². The van der Waals surface area contributed by atoms with Crippen LogP contribution in [0.1, 0.15) is 12.0 Å². The second-order valence-corrected chi connectivity index (χ2v) is 5.41. The van der Waals surface area contributed by atoms with Crippen molar-refractivity contribution in [2.24, 2.45) is 0 Å². The zero-order valence-electron chi connectivity index (χ0n) is 13.3. The van der Waals surface area contributed by atoms with Crippen LogP contribution in [0, 0.1) is 0 Å². The first-order valence-corrected chi connectivity index (χ1v) is 7.60. The van der Waals surface area contributed by atoms with E-state index in [1.165, 1.54) is 5.56 Å². The molecule has 0 saturated heterocycles. The van der Waals surface area contributed by atoms with Crippen molar-refractivity contribution < 1.29 is 0 Å². The predicted octanol–water partition coefficient (Wildman–Crippen LogP) is 1.89. The summed E-state index contributed by atoms with van der Waals surface area (Å²) in [5.41, 5.74) is 1.29. The van der Waals surface area contributed by atoms with Crippen LogP contribution in [0.25, 0.3) is 0 Å². The van der Waals surface area contributed by atoms with Crippen molar-refractivity contribution in [3.63, 3.8) is 0 Å². The molecular formula is C16H24N6. The second-order valence-electron chi connectivity index (χ2n) is 5.41. The van der Waals surface area contributed by atoms with Crippen LogP contribution in [-0.4, -0.2) is 53.8 Å². The number of anilines is 2. The molecule has 0 atom stereocenters. The van der Waals surface area contributed by atoms with Crippen LogP contribution in [0.5, 0.6) is 0 Å². The fraction of sp³-hybridized carbons (Fsp3) is 0.438. The summed E-state index contributed by atoms with van der Waals surface area (Å²) in [6.45, 7) is 2.71. The van der Waals surface area contributed by atoms with E-state index < -0.39 is 0 Å². The summed E-state index contributed by atoms with van der Waals surface area (Å²) in [7, 11) is 4.14. The van der Waals surface area contributed by atoms with Crippen LogP contribution in [0.3, 0.4) is 0 Å². The average molecular weight is 300 g/mol. The second kappa shape index (κ2) is 8.94. The van der Waals surface area contributed by atoms with Gasteiger partial charge in [-0.15, -0.1) is 5.10 Å². The van der Waals surface area contributed by atoms with Crippen molar-refractivity contribution in [3.05, 3.63) is 42.1 Å². The molecule has 0 unspecified atom stereocenters. The summed E-state index contributed by atoms with van der Waals surface area (Å²) in [5.74, 6) is 1.32. The molecule has 0 amide bonds. The van der Waals surface area contributed by atoms with Gasteiger partial charge in [0.1, 0.15) is 0 Å². The molecule has 6 heteroatoms. The smallest absolute Gasteiger partial charge is 0.244 e. The van der Waals surface area contributed by atoms with Gasteiger partial charge >= 0.3 is 0 Å². The molecular weight excluding hydrogens is 276 g/mol. The highest BCUT2D eigenvalue weighted by Crippen LogP contribution is 2.05. The number of hydrogen-bond acceptors (Lipinski definition) is 6. The Morgan fingerprint density at radius 1 is 1.05 bits per heavy atom. The highest BCUT2D eigenvalue weighted by molar-refractivity contribution is 5.36. The van der Waals surface area contributed by atoms with Gasteiger partial charge in [-0.05, 0) is 39.0 Å². The third-order valence-electron chi connectivity index (χ3n) is 3.19. The van der Waals surface area contributed by atoms with E-state index in [4.69, 9.17) is 0 Å². The Morgan fingerprint density at radius 3 is 2.64 bits per heavy atom. The van der Waals surface area contributed by atoms with Crippen LogP contribution < -0.4 is 10.6 Å². The van der Waals surface area contributed by atoms with Gasteiger partial charge in [-0.25, -0.2) is 0 Å². The maximum Gasteiger partial charge on any atom is 0.244 e. The van der Waals surface area contributed by atoms with E-state index in [0.29, 0.717) is 5.95 Å². The lowest BCUT2D eigenvalue weighted by Gasteiger charge is -2.10. The minimum atomic E-state index is 0.563. The Hall–Kier alpha value is -2.21. The molecule has 0 spiro atoms. The Labute approximate surface area is 132 Å². The topological polar surface area (TPSA) is 66.0 Å². The molecule has 2 rings (SSSR count). The van der Waals surface area contributed by atoms with Gasteiger partial charge in [-0.3, -0.25) is 0 Å². The van der Waals surface area contributed by atoms with E-state index in [2.05, 4.69) is 56.9 Å². The molecule has 0 radical (unpaired) electrons. The standard InChI is InChI=1S/C16H24N6/c1-22(2)12-6-10-17-15-13-19-21-16(20-15)18-11-9-14-7-4-3-5-8-14/h3-5,7-8,13H,6,9-12H2,1-2H3,(H2,17,18,20,21). The van der Waals surface area contributed by atoms with Gasteiger partial charge in [0.25, 0.3) is 0 Å². The highest BCUT2D eigenvalue weighted by Gasteiger charge is 2.00. The van der Waals surface area contributed by atoms with E-state index >= 15 is 0 Å². The van der Waals surface area contributed by atoms with Crippen LogP contribution in [-0.2, 0) is 6.42 Å². The first-order valence-electron chi connectivity index (χ1n) is 7.60. The largest absolute Gasteiger partial charge is 0.369 e. The lowest BCUT2D eigenvalue weighted by atomic mass is 10.1. The van der Waals surface area contributed by atoms with Gasteiger partial charge in [0, 0.05) is 13.1 Å². The third-order valence-corrected chi connectivity index (χ3v) is 3.19. The highest BCUT2D eigenvalue weighted by atomic mass is 15.3. The normalized spacial score (nSPS) is 10.7. The molecule has 0 fully saturated rings. The maximum absolute atomic E-state index is 4.41. The summed E-state index contributed by atoms with van der Waals surface area (Å²) < 4.78 is 0. The van der Waals surface area contributed by atoms with Crippen molar-refractivity contribution in [1.82, 2.24) is 20.1 Å². The molecule has 1 aromatic heterocycles. The first kappa shape index (κ1) is 16.2. The lowest BCUT2D eigenvalue weighted by molar-refractivity contribution is 0.405. The molecule has 1 aromatic carbocycles. The number of benzene rings is 1. The van der Waals surface area contributed by atoms with Crippen molar-refractivity contribution in [1.29, 1.82) is 0 Å². The Kier molecular flexibility index (Phi) is 6.57. The van der Waals surface area contributed by atoms with E-state index in [1.54, 1.807) is 6.20 Å². The van der Waals surface area contributed by atoms with Crippen molar-refractivity contribution in [3.8, 4) is 0 Å². The number of nitrogens with zero attached hydrogens (tertiary/aromatic N) is 4. The minimum absolute atomic E-state index is 0.563. The van der Waals surface area contributed by atoms with Gasteiger partial charge in [0.15, 0.2) is 5.82 Å². The van der Waals surface area contributed by atoms with Gasteiger partial charge in [0.2, 0.25) is 5.95 Å². The molecule has 0 aliphatic heterocycles. The number of aromatic nitrogens is 3. The van der Waals surface area contributed by atoms with Crippen molar-refractivity contribution >= 4 is 11.8 Å². The van der Waals surface area contributed by atoms with Crippen molar-refractivity contribution in [2.75, 3.05) is 44.4 Å².